The molecular weight excluding hydrogens is 333 g/mol. The minimum Gasteiger partial charge on any atom is -0.313 e. The van der Waals surface area contributed by atoms with Crippen LogP contribution in [-0.2, 0) is 10.0 Å². The van der Waals surface area contributed by atoms with Crippen molar-refractivity contribution in [2.45, 2.75) is 4.90 Å². The van der Waals surface area contributed by atoms with E-state index < -0.39 is 26.2 Å². The molecule has 2 aromatic heterocycles. The molecule has 2 rings (SSSR count). The van der Waals surface area contributed by atoms with Gasteiger partial charge >= 0.3 is 5.69 Å². The molecule has 0 atom stereocenters. The predicted molar refractivity (Wildman–Crippen MR) is 70.5 cm³/mol. The van der Waals surface area contributed by atoms with Crippen molar-refractivity contribution in [2.75, 3.05) is 4.72 Å². The Morgan fingerprint density at radius 1 is 1.20 bits per heavy atom. The molecule has 0 aliphatic rings. The van der Waals surface area contributed by atoms with E-state index in [0.29, 0.717) is 0 Å². The van der Waals surface area contributed by atoms with Crippen LogP contribution in [0.1, 0.15) is 0 Å². The number of sulfonamides is 1. The molecule has 0 saturated carbocycles. The maximum absolute atomic E-state index is 12.0. The number of aromatic amines is 2. The van der Waals surface area contributed by atoms with Crippen molar-refractivity contribution in [2.24, 2.45) is 0 Å². The van der Waals surface area contributed by atoms with Gasteiger partial charge < -0.3 is 4.98 Å². The number of hydrogen-bond donors (Lipinski definition) is 3. The Hall–Kier alpha value is -1.91. The van der Waals surface area contributed by atoms with Crippen molar-refractivity contribution in [3.05, 3.63) is 43.5 Å². The Bertz CT molecular complexity index is 855. The second kappa shape index (κ2) is 5.23. The first-order valence-electron chi connectivity index (χ1n) is 4.83. The monoisotopic (exact) mass is 337 g/mol. The third kappa shape index (κ3) is 3.15. The summed E-state index contributed by atoms with van der Waals surface area (Å²) in [6, 6.07) is 1.10. The highest BCUT2D eigenvalue weighted by Gasteiger charge is 2.20. The molecule has 2 heterocycles. The van der Waals surface area contributed by atoms with Gasteiger partial charge in [-0.05, 0) is 11.6 Å². The fraction of sp³-hybridized carbons (Fsp3) is 0. The lowest BCUT2D eigenvalue weighted by Crippen LogP contribution is -2.29. The fourth-order valence-corrected chi connectivity index (χ4v) is 2.64. The first-order valence-corrected chi connectivity index (χ1v) is 7.07. The van der Waals surface area contributed by atoms with Crippen LogP contribution in [0.25, 0.3) is 0 Å². The van der Waals surface area contributed by atoms with Crippen molar-refractivity contribution in [1.29, 1.82) is 0 Å². The van der Waals surface area contributed by atoms with Crippen LogP contribution in [0.4, 0.5) is 5.82 Å². The number of nitrogens with one attached hydrogen (secondary N) is 3. The molecule has 12 heteroatoms. The SMILES string of the molecule is O=c1[nH]cc(S(=O)(=O)Nc2cc(Cl)nc(Cl)n2)c(=O)[nH]1. The molecule has 0 radical (unpaired) electrons. The molecule has 0 spiro atoms. The molecule has 3 N–H and O–H groups in total. The van der Waals surface area contributed by atoms with Crippen LogP contribution >= 0.6 is 23.2 Å². The minimum absolute atomic E-state index is 0.0851. The summed E-state index contributed by atoms with van der Waals surface area (Å²) in [6.07, 6.45) is 0.758. The Labute approximate surface area is 121 Å². The summed E-state index contributed by atoms with van der Waals surface area (Å²) in [5.74, 6) is -0.222. The van der Waals surface area contributed by atoms with Gasteiger partial charge in [-0.15, -0.1) is 0 Å². The molecule has 0 saturated heterocycles. The van der Waals surface area contributed by atoms with Gasteiger partial charge in [-0.1, -0.05) is 11.6 Å². The lowest BCUT2D eigenvalue weighted by atomic mass is 10.6. The topological polar surface area (TPSA) is 138 Å². The van der Waals surface area contributed by atoms with Crippen molar-refractivity contribution in [3.8, 4) is 0 Å². The Morgan fingerprint density at radius 2 is 1.90 bits per heavy atom. The second-order valence-corrected chi connectivity index (χ2v) is 5.76. The van der Waals surface area contributed by atoms with E-state index in [1.807, 2.05) is 9.71 Å². The van der Waals surface area contributed by atoms with Crippen molar-refractivity contribution in [3.63, 3.8) is 0 Å². The fourth-order valence-electron chi connectivity index (χ4n) is 1.23. The van der Waals surface area contributed by atoms with Gasteiger partial charge in [0.15, 0.2) is 4.90 Å². The number of rotatable bonds is 3. The Morgan fingerprint density at radius 3 is 2.50 bits per heavy atom. The van der Waals surface area contributed by atoms with Crippen molar-refractivity contribution in [1.82, 2.24) is 19.9 Å². The van der Waals surface area contributed by atoms with Gasteiger partial charge in [-0.2, -0.15) is 4.98 Å². The maximum atomic E-state index is 12.0. The van der Waals surface area contributed by atoms with Crippen LogP contribution < -0.4 is 16.0 Å². The molecular formula is C8H5Cl2N5O4S. The normalized spacial score (nSPS) is 11.3. The van der Waals surface area contributed by atoms with Crippen LogP contribution in [0.3, 0.4) is 0 Å². The molecule has 0 aliphatic carbocycles. The van der Waals surface area contributed by atoms with Gasteiger partial charge in [0.25, 0.3) is 15.6 Å². The molecule has 9 nitrogen and oxygen atoms in total. The minimum atomic E-state index is -4.27. The summed E-state index contributed by atoms with van der Waals surface area (Å²) >= 11 is 11.1. The van der Waals surface area contributed by atoms with Crippen LogP contribution in [0.15, 0.2) is 26.7 Å². The summed E-state index contributed by atoms with van der Waals surface area (Å²) in [5, 5.41) is -0.358. The summed E-state index contributed by atoms with van der Waals surface area (Å²) in [5.41, 5.74) is -1.91. The highest BCUT2D eigenvalue weighted by atomic mass is 35.5. The predicted octanol–water partition coefficient (Wildman–Crippen LogP) is -0.0392. The van der Waals surface area contributed by atoms with Gasteiger partial charge in [0.1, 0.15) is 11.0 Å². The van der Waals surface area contributed by atoms with Crippen LogP contribution in [-0.4, -0.2) is 28.4 Å². The average Bonchev–Trinajstić information content (AvgIpc) is 2.25. The number of aromatic nitrogens is 4. The van der Waals surface area contributed by atoms with E-state index in [0.717, 1.165) is 12.3 Å². The van der Waals surface area contributed by atoms with Crippen LogP contribution in [0.5, 0.6) is 0 Å². The molecule has 20 heavy (non-hydrogen) atoms. The van der Waals surface area contributed by atoms with Crippen LogP contribution in [0, 0.1) is 0 Å². The van der Waals surface area contributed by atoms with E-state index in [2.05, 4.69) is 9.97 Å². The number of nitrogens with zero attached hydrogens (tertiary/aromatic N) is 2. The summed E-state index contributed by atoms with van der Waals surface area (Å²) in [6.45, 7) is 0. The third-order valence-electron chi connectivity index (χ3n) is 1.98. The number of anilines is 1. The lowest BCUT2D eigenvalue weighted by Gasteiger charge is -2.06. The number of hydrogen-bond acceptors (Lipinski definition) is 6. The largest absolute Gasteiger partial charge is 0.325 e. The van der Waals surface area contributed by atoms with Gasteiger partial charge in [0, 0.05) is 12.3 Å². The quantitative estimate of drug-likeness (QED) is 0.530. The number of halogens is 2. The van der Waals surface area contributed by atoms with E-state index >= 15 is 0 Å². The average molecular weight is 338 g/mol. The van der Waals surface area contributed by atoms with E-state index in [4.69, 9.17) is 23.2 Å². The highest BCUT2D eigenvalue weighted by Crippen LogP contribution is 2.16. The zero-order chi connectivity index (χ0) is 14.9. The molecule has 0 bridgehead atoms. The Balaban J connectivity index is 2.46. The smallest absolute Gasteiger partial charge is 0.313 e. The molecule has 0 unspecified atom stereocenters. The summed E-state index contributed by atoms with van der Waals surface area (Å²) in [7, 11) is -4.27. The molecule has 2 aromatic rings. The standard InChI is InChI=1S/C8H5Cl2N5O4S/c9-4-1-5(13-7(10)12-4)15-20(18,19)3-2-11-8(17)14-6(3)16/h1-2H,(H,12,13,15)(H2,11,14,16,17). The van der Waals surface area contributed by atoms with E-state index in [1.54, 1.807) is 4.98 Å². The third-order valence-corrected chi connectivity index (χ3v) is 3.70. The van der Waals surface area contributed by atoms with E-state index in [-0.39, 0.29) is 16.3 Å². The van der Waals surface area contributed by atoms with E-state index in [1.165, 1.54) is 0 Å². The molecule has 0 aliphatic heterocycles. The number of H-pyrrole nitrogens is 2. The van der Waals surface area contributed by atoms with Crippen molar-refractivity contribution >= 4 is 39.0 Å². The first kappa shape index (κ1) is 14.5. The van der Waals surface area contributed by atoms with Crippen molar-refractivity contribution < 1.29 is 8.42 Å². The van der Waals surface area contributed by atoms with Gasteiger partial charge in [0.2, 0.25) is 5.28 Å². The zero-order valence-corrected chi connectivity index (χ0v) is 11.7. The van der Waals surface area contributed by atoms with E-state index in [9.17, 15) is 18.0 Å². The summed E-state index contributed by atoms with van der Waals surface area (Å²) < 4.78 is 25.9. The lowest BCUT2D eigenvalue weighted by molar-refractivity contribution is 0.599. The zero-order valence-electron chi connectivity index (χ0n) is 9.35. The summed E-state index contributed by atoms with van der Waals surface area (Å²) in [4.78, 5) is 32.5. The van der Waals surface area contributed by atoms with Gasteiger partial charge in [0.05, 0.1) is 0 Å². The molecule has 0 fully saturated rings. The molecule has 0 amide bonds. The molecule has 0 aromatic carbocycles. The second-order valence-electron chi connectivity index (χ2n) is 3.39. The van der Waals surface area contributed by atoms with Crippen LogP contribution in [0.2, 0.25) is 10.4 Å². The van der Waals surface area contributed by atoms with Gasteiger partial charge in [-0.25, -0.2) is 18.2 Å². The molecule has 106 valence electrons. The Kier molecular flexibility index (Phi) is 3.79. The highest BCUT2D eigenvalue weighted by molar-refractivity contribution is 7.92. The van der Waals surface area contributed by atoms with Gasteiger partial charge in [-0.3, -0.25) is 14.5 Å². The first-order chi connectivity index (χ1) is 9.28. The maximum Gasteiger partial charge on any atom is 0.325 e.